The molecule has 3 aromatic carbocycles. The van der Waals surface area contributed by atoms with Crippen molar-refractivity contribution >= 4 is 140 Å². The highest BCUT2D eigenvalue weighted by atomic mass is 32.2. The molecule has 17 amide bonds. The molecule has 0 radical (unpaired) electrons. The number of nitrogens with one attached hydrogen (secondary N) is 12. The number of aromatic amines is 1. The van der Waals surface area contributed by atoms with Crippen molar-refractivity contribution < 1.29 is 132 Å². The number of fused-ring (bicyclic) bond motifs is 4. The number of nitrogens with zero attached hydrogens (tertiary/aromatic N) is 6. The van der Waals surface area contributed by atoms with E-state index in [0.29, 0.717) is 57.8 Å². The number of aromatic nitrogens is 2. The Morgan fingerprint density at radius 3 is 1.73 bits per heavy atom. The number of rotatable bonds is 34. The van der Waals surface area contributed by atoms with Crippen molar-refractivity contribution in [2.75, 3.05) is 78.5 Å². The van der Waals surface area contributed by atoms with Crippen molar-refractivity contribution in [3.63, 3.8) is 0 Å². The number of aromatic hydroxyl groups is 1. The summed E-state index contributed by atoms with van der Waals surface area (Å²) in [7, 11) is 3.83. The number of benzene rings is 3. The van der Waals surface area contributed by atoms with Gasteiger partial charge in [-0.2, -0.15) is 0 Å². The van der Waals surface area contributed by atoms with Crippen LogP contribution in [0, 0.1) is 11.8 Å². The van der Waals surface area contributed by atoms with E-state index in [1.807, 2.05) is 13.8 Å². The van der Waals surface area contributed by atoms with Crippen molar-refractivity contribution in [3.05, 3.63) is 102 Å². The molecule has 0 bridgehead atoms. The number of aliphatic carboxylic acids is 1. The van der Waals surface area contributed by atoms with Gasteiger partial charge in [-0.05, 0) is 111 Å². The van der Waals surface area contributed by atoms with E-state index in [2.05, 4.69) is 63.5 Å². The Kier molecular flexibility index (Phi) is 46.1. The second-order valence-electron chi connectivity index (χ2n) is 38.5. The number of para-hydroxylation sites is 2. The summed E-state index contributed by atoms with van der Waals surface area (Å²) in [4.78, 5) is 274. The van der Waals surface area contributed by atoms with Crippen molar-refractivity contribution in [1.29, 1.82) is 0 Å². The van der Waals surface area contributed by atoms with Gasteiger partial charge >= 0.3 is 5.97 Å². The van der Waals surface area contributed by atoms with E-state index < -0.39 is 304 Å². The molecule has 3 aliphatic rings. The van der Waals surface area contributed by atoms with Gasteiger partial charge < -0.3 is 156 Å². The first-order valence-electron chi connectivity index (χ1n) is 49.4. The van der Waals surface area contributed by atoms with E-state index in [1.165, 1.54) is 63.1 Å². The van der Waals surface area contributed by atoms with Gasteiger partial charge in [0.2, 0.25) is 100 Å². The molecule has 0 aliphatic carbocycles. The molecule has 8 rings (SSSR count). The summed E-state index contributed by atoms with van der Waals surface area (Å²) in [5.74, 6) is -20.3. The molecule has 5 aromatic rings. The van der Waals surface area contributed by atoms with Gasteiger partial charge in [-0.1, -0.05) is 116 Å². The van der Waals surface area contributed by atoms with Crippen molar-refractivity contribution in [1.82, 2.24) is 92.5 Å². The van der Waals surface area contributed by atoms with Gasteiger partial charge in [0, 0.05) is 113 Å². The number of phenolic OH excluding ortho intramolecular Hbond substituents is 1. The number of H-pyrrole nitrogens is 1. The summed E-state index contributed by atoms with van der Waals surface area (Å²) in [5, 5.41) is 125. The fourth-order valence-corrected chi connectivity index (χ4v) is 18.9. The Labute approximate surface area is 854 Å². The number of hydrogen-bond acceptors (Lipinski definition) is 29. The fourth-order valence-electron chi connectivity index (χ4n) is 18.0. The van der Waals surface area contributed by atoms with Gasteiger partial charge in [0.25, 0.3) is 0 Å². The minimum absolute atomic E-state index is 0.0234. The number of phenols is 1. The second-order valence-corrected chi connectivity index (χ2v) is 39.5. The molecule has 147 heavy (non-hydrogen) atoms. The van der Waals surface area contributed by atoms with Gasteiger partial charge in [0.05, 0.1) is 37.5 Å². The molecule has 20 atom stereocenters. The van der Waals surface area contributed by atoms with Crippen LogP contribution in [0.5, 0.6) is 5.75 Å². The highest BCUT2D eigenvalue weighted by Crippen LogP contribution is 2.30. The third-order valence-electron chi connectivity index (χ3n) is 26.2. The Morgan fingerprint density at radius 1 is 0.544 bits per heavy atom. The van der Waals surface area contributed by atoms with E-state index in [0.717, 1.165) is 36.3 Å². The maximum Gasteiger partial charge on any atom is 0.323 e. The topological polar surface area (TPSA) is 737 Å². The lowest BCUT2D eigenvalue weighted by molar-refractivity contribution is -0.149. The van der Waals surface area contributed by atoms with Gasteiger partial charge in [0.1, 0.15) is 121 Å². The summed E-state index contributed by atoms with van der Waals surface area (Å²) < 4.78 is 1.42. The van der Waals surface area contributed by atoms with E-state index in [-0.39, 0.29) is 89.0 Å². The minimum atomic E-state index is -2.30. The zero-order valence-corrected chi connectivity index (χ0v) is 85.2. The standard InChI is InChI=1S/C98H145N21O27S/c1-11-13-23-72-91(139)107-63(34-51(3)4)88(136)113-70(86(134)104-44-79(101)126)49-147-50-80(127)105-66(36-54-27-29-57(121)30-28-54)94(142)114(8)53(7)85(133)109-68(40-78(100)125)96(144)118-33-19-26-73(118)92(140)112-69(42-102-43-76(123)82(130)84(132)83(131)77(124)48-120)90(138)110-65(35-52(5)6)97(145)119-46-58(122)39-75(119)93(141)108-64(37-55-41-103-61-22-17-15-20-59(55)61)89(137)106-62(31-32-99)87(135)111-67(95(143)116(10)74(24-14-12-2)98(146)115(72)9)38-56-45-117(47-81(128)129)71-25-18-16-21-60(56)71/h15-18,20-22,25,27-30,41,45,51-53,58,62-70,72-77,82-84,102-103,120-124,130-132H,11-14,19,23-24,26,31-40,42-44,46-50,99H2,1-10H3,(H2,100,125)(H2,101,126)(H,104,134)(H,105,127)(H,106,137)(H,107,139)(H,108,141)(H,109,133)(H,110,138)(H,111,135)(H,112,140)(H,113,136)(H,128,129)/t53-,58+,62-,63-,64-,65-,66-,67-,68-,69-,70-,72-,73-,74-,75-,76+,77?,82+,83+,84-/m0/s1. The lowest BCUT2D eigenvalue weighted by Crippen LogP contribution is -2.62. The minimum Gasteiger partial charge on any atom is -0.508 e. The van der Waals surface area contributed by atoms with Gasteiger partial charge in [-0.3, -0.25) is 86.3 Å². The van der Waals surface area contributed by atoms with Crippen molar-refractivity contribution in [3.8, 4) is 5.75 Å². The molecule has 2 aromatic heterocycles. The van der Waals surface area contributed by atoms with Crippen LogP contribution in [0.3, 0.4) is 0 Å². The fraction of sp³-hybridized carbons (Fsp3) is 0.592. The number of likely N-dealkylation sites (N-methyl/N-ethyl adjacent to an activating group) is 3. The number of aliphatic hydroxyl groups excluding tert-OH is 7. The van der Waals surface area contributed by atoms with Crippen LogP contribution in [0.4, 0.5) is 0 Å². The van der Waals surface area contributed by atoms with Crippen LogP contribution >= 0.6 is 11.8 Å². The predicted octanol–water partition coefficient (Wildman–Crippen LogP) is -5.81. The number of unbranched alkanes of at least 4 members (excludes halogenated alkanes) is 2. The molecule has 3 aliphatic heterocycles. The molecule has 0 spiro atoms. The zero-order chi connectivity index (χ0) is 109. The summed E-state index contributed by atoms with van der Waals surface area (Å²) in [6, 6.07) is -3.86. The van der Waals surface area contributed by atoms with Crippen molar-refractivity contribution in [2.24, 2.45) is 29.0 Å². The van der Waals surface area contributed by atoms with Gasteiger partial charge in [-0.15, -0.1) is 11.8 Å². The maximum absolute atomic E-state index is 16.0. The summed E-state index contributed by atoms with van der Waals surface area (Å²) in [5.41, 5.74) is 19.6. The van der Waals surface area contributed by atoms with E-state index in [9.17, 15) is 84.3 Å². The molecular formula is C98H145N21O27S. The van der Waals surface area contributed by atoms with Crippen LogP contribution in [-0.2, 0) is 112 Å². The molecule has 1 unspecified atom stereocenters. The summed E-state index contributed by atoms with van der Waals surface area (Å²) in [6.07, 6.45) is -11.1. The lowest BCUT2D eigenvalue weighted by atomic mass is 9.99. The molecule has 5 heterocycles. The smallest absolute Gasteiger partial charge is 0.323 e. The SMILES string of the molecule is CCCC[C@H]1C(=O)N(C)[C@@H](CCCC)C(=O)N[C@@H](CC(C)C)C(=O)N[C@H](C(=O)NCC(N)=O)CSCC(=O)N[C@@H](Cc2ccc(O)cc2)C(=O)N(C)[C@@H](C)C(=O)N[C@@H](CC(N)=O)C(=O)N2CCC[C@H]2C(=O)N[C@@H](CNC[C@@H](O)[C@@H](O)[C@H](O)[C@H](O)C(O)CO)C(=O)N[C@@H](CC(C)C)C(=O)N2C[C@H](O)C[C@H]2C(=O)N[C@@H](Cc2c[nH]c3ccccc23)C(=O)N[C@@H](CCN)C(=O)N[C@@H](Cc2cn(CC(=O)O)c3ccccc23)C(=O)N1C. The van der Waals surface area contributed by atoms with Crippen LogP contribution in [0.15, 0.2) is 85.2 Å². The highest BCUT2D eigenvalue weighted by molar-refractivity contribution is 8.00. The lowest BCUT2D eigenvalue weighted by Gasteiger charge is -2.36. The molecule has 27 N–H and O–H groups in total. The summed E-state index contributed by atoms with van der Waals surface area (Å²) >= 11 is 0.753. The summed E-state index contributed by atoms with van der Waals surface area (Å²) in [6.45, 7) is 6.63. The quantitative estimate of drug-likeness (QED) is 0.0182. The Hall–Kier alpha value is -13.0. The first-order chi connectivity index (χ1) is 69.6. The number of carboxylic acid groups (broad SMARTS) is 1. The van der Waals surface area contributed by atoms with Gasteiger partial charge in [0.15, 0.2) is 0 Å². The number of nitrogens with two attached hydrogens (primary N) is 3. The highest BCUT2D eigenvalue weighted by Gasteiger charge is 2.48. The van der Waals surface area contributed by atoms with E-state index >= 15 is 47.9 Å². The number of amides is 17. The molecule has 0 saturated carbocycles. The number of hydrogen-bond donors (Lipinski definition) is 24. The number of carbonyl (C=O) groups is 18. The zero-order valence-electron chi connectivity index (χ0n) is 84.4. The number of thioether (sulfide) groups is 1. The molecular weight excluding hydrogens is 1940 g/mol. The predicted molar refractivity (Wildman–Crippen MR) is 536 cm³/mol. The van der Waals surface area contributed by atoms with E-state index in [4.69, 9.17) is 17.2 Å². The number of aliphatic hydroxyl groups is 7. The van der Waals surface area contributed by atoms with Gasteiger partial charge in [-0.25, -0.2) is 0 Å². The first-order valence-corrected chi connectivity index (χ1v) is 50.5. The Balaban J connectivity index is 1.24. The molecule has 810 valence electrons. The van der Waals surface area contributed by atoms with Crippen LogP contribution in [0.2, 0.25) is 0 Å². The molecule has 3 saturated heterocycles. The van der Waals surface area contributed by atoms with Crippen LogP contribution < -0.4 is 75.7 Å². The van der Waals surface area contributed by atoms with Crippen LogP contribution in [-0.4, -0.2) is 386 Å². The average molecular weight is 2080 g/mol. The average Bonchev–Trinajstić information content (AvgIpc) is 1.65. The number of primary amides is 2. The second kappa shape index (κ2) is 56.8. The first kappa shape index (κ1) is 119. The Bertz CT molecular complexity index is 5420. The Morgan fingerprint density at radius 2 is 1.09 bits per heavy atom. The van der Waals surface area contributed by atoms with Crippen LogP contribution in [0.25, 0.3) is 21.8 Å². The molecule has 3 fully saturated rings. The van der Waals surface area contributed by atoms with Crippen LogP contribution in [0.1, 0.15) is 149 Å². The van der Waals surface area contributed by atoms with Crippen molar-refractivity contribution in [2.45, 2.75) is 279 Å². The molecule has 49 heteroatoms. The third-order valence-corrected chi connectivity index (χ3v) is 27.3. The number of carboxylic acids is 1. The number of carbonyl (C=O) groups excluding carboxylic acids is 17. The third kappa shape index (κ3) is 33.8. The normalized spacial score (nSPS) is 24.9. The monoisotopic (exact) mass is 2080 g/mol. The molecule has 48 nitrogen and oxygen atoms in total. The van der Waals surface area contributed by atoms with E-state index in [1.54, 1.807) is 82.4 Å². The largest absolute Gasteiger partial charge is 0.508 e. The maximum atomic E-state index is 16.0.